The lowest BCUT2D eigenvalue weighted by Gasteiger charge is -2.22. The van der Waals surface area contributed by atoms with Crippen LogP contribution in [0.3, 0.4) is 0 Å². The van der Waals surface area contributed by atoms with Crippen molar-refractivity contribution in [1.82, 2.24) is 0 Å². The number of carbonyl (C=O) groups is 6. The standard InChI is InChI=1S/C75H46F6O15/c76-57-28-51(29-58(77)66(57)72(88)89)48-25-49(52-30-59(78)67(73(90)91)60(79)31-52)27-50(26-48)53-32-61(80)68(62(81)33-53)74(92)96-75(41-14-8-3-9-15-41)95-65-36-44(18-21-56(65)71(86)87)47-23-45(42-16-19-54(69(82)83)63(34-42)93-37-39-10-4-1-5-11-39)22-46(24-47)43-17-20-55(70(84)85)64(35-43)94-38-40-12-6-2-7-13-40/h1-36,75H,37-38H2,(H,82,83)(H,84,85)(H,86,87)(H,88,89)(H,90,91). The zero-order valence-electron chi connectivity index (χ0n) is 49.4. The first-order valence-electron chi connectivity index (χ1n) is 28.7. The molecule has 0 aliphatic heterocycles. The van der Waals surface area contributed by atoms with Crippen LogP contribution >= 0.6 is 0 Å². The minimum atomic E-state index is -1.97. The summed E-state index contributed by atoms with van der Waals surface area (Å²) < 4.78 is 118. The minimum Gasteiger partial charge on any atom is -0.488 e. The fourth-order valence-corrected chi connectivity index (χ4v) is 10.6. The summed E-state index contributed by atoms with van der Waals surface area (Å²) in [4.78, 5) is 75.8. The van der Waals surface area contributed by atoms with Crippen LogP contribution in [-0.2, 0) is 18.0 Å². The molecule has 0 aromatic heterocycles. The van der Waals surface area contributed by atoms with Gasteiger partial charge in [0.25, 0.3) is 6.29 Å². The van der Waals surface area contributed by atoms with Crippen LogP contribution in [0.5, 0.6) is 17.2 Å². The number of carboxylic acid groups (broad SMARTS) is 5. The highest BCUT2D eigenvalue weighted by Crippen LogP contribution is 2.41. The van der Waals surface area contributed by atoms with Crippen LogP contribution in [0.25, 0.3) is 66.8 Å². The smallest absolute Gasteiger partial charge is 0.347 e. The Hall–Kier alpha value is -12.8. The molecule has 0 saturated carbocycles. The molecule has 0 saturated heterocycles. The SMILES string of the molecule is O=C(O)c1ccc(-c2cc(-c3ccc(C(=O)O)c(OCc4ccccc4)c3)cc(-c3ccc(C(=O)O)c(OC(OC(=O)c4c(F)cc(-c5cc(-c6cc(F)c(C(=O)O)c(F)c6)cc(-c6cc(F)c(C(=O)O)c(F)c6)c5)cc4F)c4ccccc4)c3)c2)cc1OCc1ccccc1. The van der Waals surface area contributed by atoms with Gasteiger partial charge in [0.1, 0.15) is 98.7 Å². The Bertz CT molecular complexity index is 4650. The van der Waals surface area contributed by atoms with Crippen LogP contribution in [0.2, 0.25) is 0 Å². The summed E-state index contributed by atoms with van der Waals surface area (Å²) in [5, 5.41) is 49.9. The summed E-state index contributed by atoms with van der Waals surface area (Å²) in [6, 6.07) is 50.5. The average Bonchev–Trinajstić information content (AvgIpc) is 0.793. The third-order valence-electron chi connectivity index (χ3n) is 15.3. The van der Waals surface area contributed by atoms with Gasteiger partial charge >= 0.3 is 35.8 Å². The van der Waals surface area contributed by atoms with Crippen molar-refractivity contribution in [2.24, 2.45) is 0 Å². The molecule has 11 aromatic carbocycles. The fraction of sp³-hybridized carbons (Fsp3) is 0.0400. The van der Waals surface area contributed by atoms with Gasteiger partial charge in [-0.2, -0.15) is 0 Å². The maximum Gasteiger partial charge on any atom is 0.347 e. The number of esters is 1. The van der Waals surface area contributed by atoms with Crippen LogP contribution < -0.4 is 14.2 Å². The molecule has 15 nitrogen and oxygen atoms in total. The van der Waals surface area contributed by atoms with Gasteiger partial charge in [0, 0.05) is 5.56 Å². The summed E-state index contributed by atoms with van der Waals surface area (Å²) in [6.07, 6.45) is -1.97. The fourth-order valence-electron chi connectivity index (χ4n) is 10.6. The molecule has 0 aliphatic rings. The zero-order valence-corrected chi connectivity index (χ0v) is 49.4. The predicted octanol–water partition coefficient (Wildman–Crippen LogP) is 17.1. The number of ether oxygens (including phenoxy) is 4. The van der Waals surface area contributed by atoms with Gasteiger partial charge in [0.2, 0.25) is 0 Å². The summed E-state index contributed by atoms with van der Waals surface area (Å²) in [5.41, 5.74) is -2.63. The Balaban J connectivity index is 0.978. The largest absolute Gasteiger partial charge is 0.488 e. The van der Waals surface area contributed by atoms with Gasteiger partial charge in [-0.05, 0) is 187 Å². The van der Waals surface area contributed by atoms with E-state index >= 15 is 26.3 Å². The highest BCUT2D eigenvalue weighted by Gasteiger charge is 2.29. The lowest BCUT2D eigenvalue weighted by molar-refractivity contribution is -0.0516. The third-order valence-corrected chi connectivity index (χ3v) is 15.3. The molecule has 1 atom stereocenters. The first-order chi connectivity index (χ1) is 46.1. The van der Waals surface area contributed by atoms with E-state index in [1.54, 1.807) is 84.9 Å². The summed E-state index contributed by atoms with van der Waals surface area (Å²) in [7, 11) is 0. The van der Waals surface area contributed by atoms with E-state index in [0.717, 1.165) is 29.3 Å². The Morgan fingerprint density at radius 3 is 0.906 bits per heavy atom. The van der Waals surface area contributed by atoms with Gasteiger partial charge in [0.15, 0.2) is 0 Å². The second-order valence-corrected chi connectivity index (χ2v) is 21.5. The molecule has 96 heavy (non-hydrogen) atoms. The predicted molar refractivity (Wildman–Crippen MR) is 337 cm³/mol. The van der Waals surface area contributed by atoms with Crippen molar-refractivity contribution < 1.29 is 99.6 Å². The minimum absolute atomic E-state index is 0.000687. The van der Waals surface area contributed by atoms with Crippen LogP contribution in [0, 0.1) is 34.9 Å². The molecule has 0 bridgehead atoms. The molecule has 0 aliphatic carbocycles. The highest BCUT2D eigenvalue weighted by molar-refractivity contribution is 5.96. The van der Waals surface area contributed by atoms with Crippen LogP contribution in [0.1, 0.15) is 85.1 Å². The summed E-state index contributed by atoms with van der Waals surface area (Å²) in [6.45, 7) is 0.00137. The second kappa shape index (κ2) is 27.6. The molecule has 1 unspecified atom stereocenters. The van der Waals surface area contributed by atoms with E-state index in [1.807, 2.05) is 12.1 Å². The van der Waals surface area contributed by atoms with Crippen LogP contribution in [0.15, 0.2) is 218 Å². The Morgan fingerprint density at radius 2 is 0.583 bits per heavy atom. The quantitative estimate of drug-likeness (QED) is 0.0241. The third kappa shape index (κ3) is 14.1. The maximum absolute atomic E-state index is 16.7. The Kier molecular flexibility index (Phi) is 18.6. The lowest BCUT2D eigenvalue weighted by atomic mass is 9.92. The summed E-state index contributed by atoms with van der Waals surface area (Å²) in [5.74, 6) is -19.4. The van der Waals surface area contributed by atoms with Crippen molar-refractivity contribution in [3.8, 4) is 84.0 Å². The van der Waals surface area contributed by atoms with Gasteiger partial charge in [-0.1, -0.05) is 109 Å². The van der Waals surface area contributed by atoms with Crippen LogP contribution in [0.4, 0.5) is 26.3 Å². The van der Waals surface area contributed by atoms with E-state index in [9.17, 15) is 54.3 Å². The molecule has 0 spiro atoms. The normalized spacial score (nSPS) is 11.3. The average molecular weight is 1300 g/mol. The van der Waals surface area contributed by atoms with E-state index in [-0.39, 0.29) is 74.8 Å². The topological polar surface area (TPSA) is 240 Å². The molecular weight excluding hydrogens is 1250 g/mol. The second-order valence-electron chi connectivity index (χ2n) is 21.5. The lowest BCUT2D eigenvalue weighted by Crippen LogP contribution is -2.20. The van der Waals surface area contributed by atoms with Crippen molar-refractivity contribution in [3.05, 3.63) is 303 Å². The summed E-state index contributed by atoms with van der Waals surface area (Å²) >= 11 is 0. The number of aromatic carboxylic acids is 5. The number of benzene rings is 11. The first kappa shape index (κ1) is 64.7. The molecule has 11 rings (SSSR count). The van der Waals surface area contributed by atoms with E-state index < -0.39 is 111 Å². The van der Waals surface area contributed by atoms with Gasteiger partial charge in [-0.3, -0.25) is 0 Å². The molecular formula is C75H46F6O15. The number of carboxylic acids is 5. The number of halogens is 6. The van der Waals surface area contributed by atoms with Crippen molar-refractivity contribution in [3.63, 3.8) is 0 Å². The molecule has 11 aromatic rings. The van der Waals surface area contributed by atoms with Gasteiger partial charge in [0.05, 0.1) is 0 Å². The van der Waals surface area contributed by atoms with Gasteiger partial charge < -0.3 is 44.5 Å². The van der Waals surface area contributed by atoms with Crippen molar-refractivity contribution in [2.75, 3.05) is 0 Å². The number of carbonyl (C=O) groups excluding carboxylic acids is 1. The molecule has 0 heterocycles. The number of hydrogen-bond acceptors (Lipinski definition) is 10. The van der Waals surface area contributed by atoms with Crippen molar-refractivity contribution >= 4 is 35.8 Å². The zero-order chi connectivity index (χ0) is 68.1. The van der Waals surface area contributed by atoms with Crippen LogP contribution in [-0.4, -0.2) is 61.3 Å². The molecule has 0 radical (unpaired) electrons. The number of rotatable bonds is 22. The maximum atomic E-state index is 16.7. The monoisotopic (exact) mass is 1300 g/mol. The van der Waals surface area contributed by atoms with E-state index in [0.29, 0.717) is 64.2 Å². The van der Waals surface area contributed by atoms with E-state index in [2.05, 4.69) is 0 Å². The number of hydrogen-bond donors (Lipinski definition) is 5. The Labute approximate surface area is 540 Å². The molecule has 21 heteroatoms. The van der Waals surface area contributed by atoms with Crippen molar-refractivity contribution in [1.29, 1.82) is 0 Å². The molecule has 5 N–H and O–H groups in total. The van der Waals surface area contributed by atoms with Gasteiger partial charge in [-0.15, -0.1) is 0 Å². The van der Waals surface area contributed by atoms with E-state index in [1.165, 1.54) is 66.7 Å². The highest BCUT2D eigenvalue weighted by atomic mass is 19.2. The van der Waals surface area contributed by atoms with Gasteiger partial charge in [-0.25, -0.2) is 55.1 Å². The first-order valence-corrected chi connectivity index (χ1v) is 28.7. The molecule has 0 fully saturated rings. The van der Waals surface area contributed by atoms with E-state index in [4.69, 9.17) is 18.9 Å². The molecule has 0 amide bonds. The molecule has 478 valence electrons. The van der Waals surface area contributed by atoms with Crippen molar-refractivity contribution in [2.45, 2.75) is 19.5 Å². The Morgan fingerprint density at radius 1 is 0.302 bits per heavy atom.